The molecular weight excluding hydrogens is 278 g/mol. The lowest BCUT2D eigenvalue weighted by Gasteiger charge is -2.39. The average molecular weight is 303 g/mol. The maximum Gasteiger partial charge on any atom is 0.227 e. The minimum Gasteiger partial charge on any atom is -0.369 e. The molecule has 22 heavy (non-hydrogen) atoms. The van der Waals surface area contributed by atoms with Crippen LogP contribution >= 0.6 is 0 Å². The lowest BCUT2D eigenvalue weighted by atomic mass is 9.89. The van der Waals surface area contributed by atoms with Gasteiger partial charge in [0.05, 0.1) is 11.8 Å². The highest BCUT2D eigenvalue weighted by atomic mass is 16.2. The molecule has 0 bridgehead atoms. The standard InChI is InChI=1S/C17H25N3O2/c1-11-8-9-14(16(19)21)10-20(11)17(22)12(2)15(18)13-6-4-3-5-7-13/h3-7,11-12,14-15H,8-10,18H2,1-2H3,(H2,19,21)/t11-,12-,14+,15-/m0/s1. The van der Waals surface area contributed by atoms with E-state index in [2.05, 4.69) is 0 Å². The van der Waals surface area contributed by atoms with E-state index in [0.717, 1.165) is 18.4 Å². The molecule has 2 rings (SSSR count). The summed E-state index contributed by atoms with van der Waals surface area (Å²) in [5.74, 6) is -0.920. The predicted molar refractivity (Wildman–Crippen MR) is 85.6 cm³/mol. The van der Waals surface area contributed by atoms with Crippen LogP contribution in [0.2, 0.25) is 0 Å². The van der Waals surface area contributed by atoms with E-state index in [-0.39, 0.29) is 35.7 Å². The Labute approximate surface area is 131 Å². The molecule has 4 atom stereocenters. The van der Waals surface area contributed by atoms with Gasteiger partial charge in [-0.3, -0.25) is 9.59 Å². The Kier molecular flexibility index (Phi) is 5.19. The van der Waals surface area contributed by atoms with Crippen LogP contribution in [0.25, 0.3) is 0 Å². The first kappa shape index (κ1) is 16.5. The Balaban J connectivity index is 2.10. The third-order valence-electron chi connectivity index (χ3n) is 4.68. The van der Waals surface area contributed by atoms with Crippen molar-refractivity contribution in [2.75, 3.05) is 6.54 Å². The van der Waals surface area contributed by atoms with Crippen molar-refractivity contribution in [1.82, 2.24) is 4.90 Å². The number of benzene rings is 1. The van der Waals surface area contributed by atoms with Gasteiger partial charge >= 0.3 is 0 Å². The fraction of sp³-hybridized carbons (Fsp3) is 0.529. The fourth-order valence-electron chi connectivity index (χ4n) is 3.03. The van der Waals surface area contributed by atoms with Crippen LogP contribution in [0.15, 0.2) is 30.3 Å². The van der Waals surface area contributed by atoms with Gasteiger partial charge in [0.1, 0.15) is 0 Å². The van der Waals surface area contributed by atoms with Gasteiger partial charge in [0.15, 0.2) is 0 Å². The molecule has 0 unspecified atom stereocenters. The molecule has 0 spiro atoms. The number of hydrogen-bond acceptors (Lipinski definition) is 3. The molecule has 0 saturated carbocycles. The van der Waals surface area contributed by atoms with Gasteiger partial charge in [0.2, 0.25) is 11.8 Å². The Hall–Kier alpha value is -1.88. The van der Waals surface area contributed by atoms with Crippen molar-refractivity contribution in [3.8, 4) is 0 Å². The summed E-state index contributed by atoms with van der Waals surface area (Å²) in [6, 6.07) is 9.38. The third-order valence-corrected chi connectivity index (χ3v) is 4.68. The Morgan fingerprint density at radius 3 is 2.45 bits per heavy atom. The van der Waals surface area contributed by atoms with Crippen LogP contribution in [0.1, 0.15) is 38.3 Å². The highest BCUT2D eigenvalue weighted by molar-refractivity contribution is 5.82. The molecular formula is C17H25N3O2. The first-order chi connectivity index (χ1) is 10.4. The minimum absolute atomic E-state index is 0.00481. The minimum atomic E-state index is -0.352. The number of piperidine rings is 1. The molecule has 1 aromatic carbocycles. The summed E-state index contributed by atoms with van der Waals surface area (Å²) in [4.78, 5) is 26.0. The van der Waals surface area contributed by atoms with Gasteiger partial charge in [-0.15, -0.1) is 0 Å². The van der Waals surface area contributed by atoms with Crippen molar-refractivity contribution in [3.05, 3.63) is 35.9 Å². The molecule has 1 aliphatic heterocycles. The van der Waals surface area contributed by atoms with Crippen molar-refractivity contribution in [2.45, 2.75) is 38.8 Å². The van der Waals surface area contributed by atoms with Gasteiger partial charge in [0.25, 0.3) is 0 Å². The van der Waals surface area contributed by atoms with Crippen molar-refractivity contribution in [1.29, 1.82) is 0 Å². The van der Waals surface area contributed by atoms with Crippen LogP contribution in [-0.4, -0.2) is 29.3 Å². The number of carbonyl (C=O) groups is 2. The summed E-state index contributed by atoms with van der Waals surface area (Å²) in [5.41, 5.74) is 12.6. The smallest absolute Gasteiger partial charge is 0.227 e. The topological polar surface area (TPSA) is 89.4 Å². The normalized spacial score (nSPS) is 24.6. The van der Waals surface area contributed by atoms with E-state index in [0.29, 0.717) is 6.54 Å². The average Bonchev–Trinajstić information content (AvgIpc) is 2.53. The van der Waals surface area contributed by atoms with Gasteiger partial charge < -0.3 is 16.4 Å². The lowest BCUT2D eigenvalue weighted by Crippen LogP contribution is -2.51. The molecule has 0 aliphatic carbocycles. The molecule has 0 aromatic heterocycles. The van der Waals surface area contributed by atoms with Crippen LogP contribution in [0.3, 0.4) is 0 Å². The molecule has 5 nitrogen and oxygen atoms in total. The van der Waals surface area contributed by atoms with Gasteiger partial charge in [-0.1, -0.05) is 37.3 Å². The highest BCUT2D eigenvalue weighted by Crippen LogP contribution is 2.27. The monoisotopic (exact) mass is 303 g/mol. The highest BCUT2D eigenvalue weighted by Gasteiger charge is 2.35. The second-order valence-corrected chi connectivity index (χ2v) is 6.24. The van der Waals surface area contributed by atoms with Crippen LogP contribution < -0.4 is 11.5 Å². The van der Waals surface area contributed by atoms with E-state index < -0.39 is 0 Å². The number of likely N-dealkylation sites (tertiary alicyclic amines) is 1. The number of nitrogens with zero attached hydrogens (tertiary/aromatic N) is 1. The number of nitrogens with two attached hydrogens (primary N) is 2. The Morgan fingerprint density at radius 2 is 1.86 bits per heavy atom. The fourth-order valence-corrected chi connectivity index (χ4v) is 3.03. The van der Waals surface area contributed by atoms with Gasteiger partial charge in [-0.25, -0.2) is 0 Å². The summed E-state index contributed by atoms with van der Waals surface area (Å²) in [6.07, 6.45) is 1.55. The maximum absolute atomic E-state index is 12.8. The molecule has 5 heteroatoms. The van der Waals surface area contributed by atoms with Crippen LogP contribution in [0, 0.1) is 11.8 Å². The molecule has 2 amide bonds. The third kappa shape index (κ3) is 3.47. The van der Waals surface area contributed by atoms with Crippen molar-refractivity contribution < 1.29 is 9.59 Å². The second kappa shape index (κ2) is 6.92. The van der Waals surface area contributed by atoms with Crippen molar-refractivity contribution in [2.24, 2.45) is 23.3 Å². The molecule has 1 aromatic rings. The molecule has 4 N–H and O–H groups in total. The summed E-state index contributed by atoms with van der Waals surface area (Å²) in [6.45, 7) is 4.26. The molecule has 1 aliphatic rings. The van der Waals surface area contributed by atoms with Gasteiger partial charge in [-0.2, -0.15) is 0 Å². The SMILES string of the molecule is C[C@H](C(=O)N1C[C@H](C(N)=O)CC[C@@H]1C)[C@H](N)c1ccccc1. The first-order valence-electron chi connectivity index (χ1n) is 7.82. The van der Waals surface area contributed by atoms with E-state index in [1.165, 1.54) is 0 Å². The predicted octanol–water partition coefficient (Wildman–Crippen LogP) is 1.43. The summed E-state index contributed by atoms with van der Waals surface area (Å²) in [5, 5.41) is 0. The van der Waals surface area contributed by atoms with Crippen LogP contribution in [0.4, 0.5) is 0 Å². The number of rotatable bonds is 4. The molecule has 1 fully saturated rings. The Bertz CT molecular complexity index is 532. The summed E-state index contributed by atoms with van der Waals surface area (Å²) in [7, 11) is 0. The zero-order valence-corrected chi connectivity index (χ0v) is 13.2. The largest absolute Gasteiger partial charge is 0.369 e. The maximum atomic E-state index is 12.8. The quantitative estimate of drug-likeness (QED) is 0.882. The van der Waals surface area contributed by atoms with E-state index in [4.69, 9.17) is 11.5 Å². The molecule has 1 heterocycles. The van der Waals surface area contributed by atoms with Gasteiger partial charge in [-0.05, 0) is 25.3 Å². The van der Waals surface area contributed by atoms with E-state index in [1.807, 2.05) is 44.2 Å². The van der Waals surface area contributed by atoms with Gasteiger partial charge in [0, 0.05) is 18.6 Å². The molecule has 1 saturated heterocycles. The van der Waals surface area contributed by atoms with Crippen molar-refractivity contribution in [3.63, 3.8) is 0 Å². The molecule has 0 radical (unpaired) electrons. The number of primary amides is 1. The first-order valence-corrected chi connectivity index (χ1v) is 7.82. The lowest BCUT2D eigenvalue weighted by molar-refractivity contribution is -0.141. The summed E-state index contributed by atoms with van der Waals surface area (Å²) >= 11 is 0. The van der Waals surface area contributed by atoms with Crippen LogP contribution in [-0.2, 0) is 9.59 Å². The van der Waals surface area contributed by atoms with Crippen LogP contribution in [0.5, 0.6) is 0 Å². The second-order valence-electron chi connectivity index (χ2n) is 6.24. The number of amides is 2. The van der Waals surface area contributed by atoms with E-state index >= 15 is 0 Å². The molecule has 120 valence electrons. The number of carbonyl (C=O) groups excluding carboxylic acids is 2. The zero-order valence-electron chi connectivity index (χ0n) is 13.2. The van der Waals surface area contributed by atoms with E-state index in [9.17, 15) is 9.59 Å². The zero-order chi connectivity index (χ0) is 16.3. The number of hydrogen-bond donors (Lipinski definition) is 2. The van der Waals surface area contributed by atoms with E-state index in [1.54, 1.807) is 4.90 Å². The summed E-state index contributed by atoms with van der Waals surface area (Å²) < 4.78 is 0. The van der Waals surface area contributed by atoms with Crippen molar-refractivity contribution >= 4 is 11.8 Å². The Morgan fingerprint density at radius 1 is 1.23 bits per heavy atom.